The molecule has 0 spiro atoms. The Morgan fingerprint density at radius 3 is 2.67 bits per heavy atom. The molecule has 12 nitrogen and oxygen atoms in total. The number of para-hydroxylation sites is 1. The van der Waals surface area contributed by atoms with Crippen LogP contribution in [0.4, 0.5) is 5.82 Å². The minimum Gasteiger partial charge on any atom is -0.381 e. The summed E-state index contributed by atoms with van der Waals surface area (Å²) < 4.78 is 4.14. The van der Waals surface area contributed by atoms with Gasteiger partial charge < -0.3 is 16.8 Å². The number of amides is 1. The number of hydrogen-bond donors (Lipinski definition) is 3. The third kappa shape index (κ3) is 5.01. The molecule has 6 rings (SSSR count). The van der Waals surface area contributed by atoms with Gasteiger partial charge in [-0.25, -0.2) is 14.2 Å². The summed E-state index contributed by atoms with van der Waals surface area (Å²) in [6.45, 7) is 1.61. The van der Waals surface area contributed by atoms with Gasteiger partial charge in [0.25, 0.3) is 17.4 Å². The molecule has 6 aromatic rings. The Balaban J connectivity index is 1.45. The molecule has 0 fully saturated rings. The third-order valence-corrected chi connectivity index (χ3v) is 6.88. The lowest BCUT2D eigenvalue weighted by Gasteiger charge is -2.21. The van der Waals surface area contributed by atoms with E-state index in [0.29, 0.717) is 38.9 Å². The van der Waals surface area contributed by atoms with Crippen LogP contribution in [0.15, 0.2) is 90.2 Å². The maximum Gasteiger partial charge on any atom is 0.264 e. The Bertz CT molecular complexity index is 2150. The van der Waals surface area contributed by atoms with Gasteiger partial charge in [-0.2, -0.15) is 5.10 Å². The fraction of sp³-hybridized carbons (Fsp3) is 0.0968. The lowest BCUT2D eigenvalue weighted by Crippen LogP contribution is -2.32. The second-order valence-corrected chi connectivity index (χ2v) is 9.68. The smallest absolute Gasteiger partial charge is 0.264 e. The summed E-state index contributed by atoms with van der Waals surface area (Å²) in [6, 6.07) is 17.4. The van der Waals surface area contributed by atoms with E-state index in [1.165, 1.54) is 16.9 Å². The van der Waals surface area contributed by atoms with Crippen molar-refractivity contribution in [2.45, 2.75) is 13.0 Å². The quantitative estimate of drug-likeness (QED) is 0.265. The molecule has 4 aromatic heterocycles. The number of fused-ring (bicyclic) bond motifs is 2. The van der Waals surface area contributed by atoms with Gasteiger partial charge in [0.15, 0.2) is 11.5 Å². The van der Waals surface area contributed by atoms with E-state index in [4.69, 9.17) is 11.5 Å². The van der Waals surface area contributed by atoms with Crippen LogP contribution in [-0.2, 0) is 0 Å². The summed E-state index contributed by atoms with van der Waals surface area (Å²) in [6.07, 6.45) is 6.16. The van der Waals surface area contributed by atoms with Crippen LogP contribution in [0.25, 0.3) is 22.1 Å². The van der Waals surface area contributed by atoms with Crippen molar-refractivity contribution in [3.05, 3.63) is 118 Å². The topological polar surface area (TPSA) is 168 Å². The van der Waals surface area contributed by atoms with Gasteiger partial charge in [-0.15, -0.1) is 5.10 Å². The number of rotatable bonds is 5. The SMILES string of the molecule is C[C@H](NC(=O)c1c(N)nn2cccnc12)c1cc2cccc(C#Cc3cnn(C(=O)CN)c3)c2c(=O)n1-c1ccccc1. The van der Waals surface area contributed by atoms with Gasteiger partial charge in [-0.05, 0) is 42.6 Å². The van der Waals surface area contributed by atoms with Crippen molar-refractivity contribution in [1.82, 2.24) is 34.3 Å². The molecule has 0 saturated heterocycles. The summed E-state index contributed by atoms with van der Waals surface area (Å²) in [4.78, 5) is 43.7. The second-order valence-electron chi connectivity index (χ2n) is 9.68. The summed E-state index contributed by atoms with van der Waals surface area (Å²) in [5.41, 5.74) is 13.8. The average Bonchev–Trinajstić information content (AvgIpc) is 3.63. The number of nitrogens with two attached hydrogens (primary N) is 2. The van der Waals surface area contributed by atoms with Gasteiger partial charge in [0.1, 0.15) is 5.56 Å². The first-order valence-corrected chi connectivity index (χ1v) is 13.3. The normalized spacial score (nSPS) is 11.7. The molecule has 4 heterocycles. The van der Waals surface area contributed by atoms with Crippen LogP contribution in [0.5, 0.6) is 0 Å². The van der Waals surface area contributed by atoms with E-state index in [1.807, 2.05) is 42.5 Å². The van der Waals surface area contributed by atoms with E-state index < -0.39 is 11.9 Å². The predicted molar refractivity (Wildman–Crippen MR) is 161 cm³/mol. The number of nitrogen functional groups attached to an aromatic ring is 1. The molecule has 2 aromatic carbocycles. The third-order valence-electron chi connectivity index (χ3n) is 6.88. The number of pyridine rings is 1. The minimum absolute atomic E-state index is 0.0449. The van der Waals surface area contributed by atoms with Crippen LogP contribution in [0.1, 0.15) is 44.9 Å². The lowest BCUT2D eigenvalue weighted by atomic mass is 10.0. The van der Waals surface area contributed by atoms with Gasteiger partial charge in [0.05, 0.1) is 29.7 Å². The fourth-order valence-electron chi connectivity index (χ4n) is 4.87. The fourth-order valence-corrected chi connectivity index (χ4v) is 4.87. The molecule has 1 amide bonds. The van der Waals surface area contributed by atoms with E-state index in [-0.39, 0.29) is 29.4 Å². The van der Waals surface area contributed by atoms with Crippen molar-refractivity contribution < 1.29 is 9.59 Å². The van der Waals surface area contributed by atoms with Gasteiger partial charge >= 0.3 is 0 Å². The van der Waals surface area contributed by atoms with Gasteiger partial charge in [-0.1, -0.05) is 42.2 Å². The minimum atomic E-state index is -0.622. The molecule has 1 atom stereocenters. The van der Waals surface area contributed by atoms with Crippen molar-refractivity contribution in [2.75, 3.05) is 12.3 Å². The number of hydrogen-bond acceptors (Lipinski definition) is 8. The van der Waals surface area contributed by atoms with Gasteiger partial charge in [0, 0.05) is 35.5 Å². The molecule has 5 N–H and O–H groups in total. The maximum absolute atomic E-state index is 14.2. The molecular formula is C31H25N9O3. The molecule has 0 aliphatic heterocycles. The van der Waals surface area contributed by atoms with E-state index >= 15 is 0 Å². The van der Waals surface area contributed by atoms with Crippen LogP contribution in [0.3, 0.4) is 0 Å². The molecule has 43 heavy (non-hydrogen) atoms. The van der Waals surface area contributed by atoms with E-state index in [1.54, 1.807) is 42.1 Å². The first-order valence-electron chi connectivity index (χ1n) is 13.3. The molecule has 0 aliphatic rings. The molecule has 0 unspecified atom stereocenters. The average molecular weight is 572 g/mol. The molecule has 12 heteroatoms. The van der Waals surface area contributed by atoms with Crippen LogP contribution in [0, 0.1) is 11.8 Å². The van der Waals surface area contributed by atoms with Crippen LogP contribution in [-0.4, -0.2) is 47.3 Å². The highest BCUT2D eigenvalue weighted by molar-refractivity contribution is 6.04. The highest BCUT2D eigenvalue weighted by atomic mass is 16.2. The number of nitrogens with zero attached hydrogens (tertiary/aromatic N) is 6. The first kappa shape index (κ1) is 27.1. The van der Waals surface area contributed by atoms with Crippen molar-refractivity contribution in [3.8, 4) is 17.5 Å². The Hall–Kier alpha value is -6.06. The van der Waals surface area contributed by atoms with E-state index in [2.05, 4.69) is 32.3 Å². The number of aromatic nitrogens is 6. The maximum atomic E-state index is 14.2. The molecule has 0 saturated carbocycles. The highest BCUT2D eigenvalue weighted by Crippen LogP contribution is 2.24. The monoisotopic (exact) mass is 571 g/mol. The molecular weight excluding hydrogens is 546 g/mol. The first-order chi connectivity index (χ1) is 20.9. The summed E-state index contributed by atoms with van der Waals surface area (Å²) in [5, 5.41) is 12.2. The number of benzene rings is 2. The van der Waals surface area contributed by atoms with Gasteiger partial charge in [0.2, 0.25) is 0 Å². The van der Waals surface area contributed by atoms with E-state index in [0.717, 1.165) is 4.68 Å². The standard InChI is InChI=1S/C31H25N9O3/c1-19(36-30(42)27-28(33)37-38-14-6-13-34-29(27)38)24-15-22-8-5-7-21(12-11-20-17-35-39(18-20)25(41)16-32)26(22)31(43)40(24)23-9-3-2-4-10-23/h2-10,13-15,17-19H,16,32H2,1H3,(H2,33,37)(H,36,42)/t19-/m0/s1. The number of carbonyl (C=O) groups excluding carboxylic acids is 2. The van der Waals surface area contributed by atoms with Crippen molar-refractivity contribution in [2.24, 2.45) is 5.73 Å². The Kier molecular flexibility index (Phi) is 6.99. The largest absolute Gasteiger partial charge is 0.381 e. The van der Waals surface area contributed by atoms with Crippen molar-refractivity contribution >= 4 is 34.1 Å². The molecule has 0 radical (unpaired) electrons. The van der Waals surface area contributed by atoms with Crippen LogP contribution >= 0.6 is 0 Å². The van der Waals surface area contributed by atoms with Gasteiger partial charge in [-0.3, -0.25) is 19.0 Å². The molecule has 0 aliphatic carbocycles. The summed E-state index contributed by atoms with van der Waals surface area (Å²) >= 11 is 0. The summed E-state index contributed by atoms with van der Waals surface area (Å²) in [5.74, 6) is 5.25. The predicted octanol–water partition coefficient (Wildman–Crippen LogP) is 2.30. The van der Waals surface area contributed by atoms with Crippen LogP contribution < -0.4 is 22.3 Å². The lowest BCUT2D eigenvalue weighted by molar-refractivity contribution is 0.0906. The zero-order valence-corrected chi connectivity index (χ0v) is 22.9. The van der Waals surface area contributed by atoms with Crippen molar-refractivity contribution in [1.29, 1.82) is 0 Å². The number of carbonyl (C=O) groups is 2. The zero-order chi connectivity index (χ0) is 30.1. The Labute approximate surface area is 244 Å². The second kappa shape index (κ2) is 11.1. The number of nitrogens with one attached hydrogen (secondary N) is 1. The summed E-state index contributed by atoms with van der Waals surface area (Å²) in [7, 11) is 0. The number of anilines is 1. The highest BCUT2D eigenvalue weighted by Gasteiger charge is 2.24. The van der Waals surface area contributed by atoms with Crippen molar-refractivity contribution in [3.63, 3.8) is 0 Å². The molecule has 0 bridgehead atoms. The van der Waals surface area contributed by atoms with E-state index in [9.17, 15) is 14.4 Å². The molecule has 212 valence electrons. The zero-order valence-electron chi connectivity index (χ0n) is 22.9. The Morgan fingerprint density at radius 2 is 1.88 bits per heavy atom. The van der Waals surface area contributed by atoms with Crippen LogP contribution in [0.2, 0.25) is 0 Å². The Morgan fingerprint density at radius 1 is 1.07 bits per heavy atom.